The fraction of sp³-hybridized carbons (Fsp3) is 0.118. The number of benzene rings is 2. The Morgan fingerprint density at radius 3 is 2.14 bits per heavy atom. The third-order valence-electron chi connectivity index (χ3n) is 3.30. The number of hydrogen-bond acceptors (Lipinski definition) is 3. The number of halogens is 1. The average molecular weight is 296 g/mol. The van der Waals surface area contributed by atoms with Gasteiger partial charge in [0, 0.05) is 11.1 Å². The third kappa shape index (κ3) is 2.93. The van der Waals surface area contributed by atoms with E-state index in [9.17, 15) is 0 Å². The Hall–Kier alpha value is -2.26. The minimum absolute atomic E-state index is 0.207. The summed E-state index contributed by atoms with van der Waals surface area (Å²) in [6, 6.07) is 16.0. The molecule has 0 amide bonds. The van der Waals surface area contributed by atoms with Crippen LogP contribution in [-0.4, -0.2) is 15.0 Å². The van der Waals surface area contributed by atoms with Crippen molar-refractivity contribution in [2.24, 2.45) is 0 Å². The van der Waals surface area contributed by atoms with E-state index in [1.54, 1.807) is 0 Å². The predicted octanol–water partition coefficient (Wildman–Crippen LogP) is 4.48. The molecular weight excluding hydrogens is 282 g/mol. The van der Waals surface area contributed by atoms with E-state index >= 15 is 0 Å². The molecule has 0 N–H and O–H groups in total. The lowest BCUT2D eigenvalue weighted by Crippen LogP contribution is -1.98. The van der Waals surface area contributed by atoms with Crippen LogP contribution in [0.1, 0.15) is 11.1 Å². The summed E-state index contributed by atoms with van der Waals surface area (Å²) >= 11 is 6.07. The van der Waals surface area contributed by atoms with Crippen molar-refractivity contribution >= 4 is 11.6 Å². The quantitative estimate of drug-likeness (QED) is 0.700. The molecule has 0 fully saturated rings. The molecule has 0 aliphatic heterocycles. The molecule has 0 unspecified atom stereocenters. The van der Waals surface area contributed by atoms with Gasteiger partial charge in [0.1, 0.15) is 0 Å². The fourth-order valence-corrected chi connectivity index (χ4v) is 2.29. The van der Waals surface area contributed by atoms with Crippen molar-refractivity contribution in [3.05, 3.63) is 64.9 Å². The van der Waals surface area contributed by atoms with Crippen molar-refractivity contribution < 1.29 is 0 Å². The van der Waals surface area contributed by atoms with Gasteiger partial charge in [0.15, 0.2) is 11.6 Å². The second-order valence-corrected chi connectivity index (χ2v) is 5.27. The summed E-state index contributed by atoms with van der Waals surface area (Å²) in [7, 11) is 0. The van der Waals surface area contributed by atoms with E-state index in [4.69, 9.17) is 11.6 Å². The first-order valence-corrected chi connectivity index (χ1v) is 7.06. The number of nitrogens with zero attached hydrogens (tertiary/aromatic N) is 3. The van der Waals surface area contributed by atoms with Gasteiger partial charge in [-0.1, -0.05) is 54.1 Å². The lowest BCUT2D eigenvalue weighted by molar-refractivity contribution is 1.06. The minimum atomic E-state index is 0.207. The molecule has 3 nitrogen and oxygen atoms in total. The van der Waals surface area contributed by atoms with E-state index < -0.39 is 0 Å². The Morgan fingerprint density at radius 2 is 1.43 bits per heavy atom. The van der Waals surface area contributed by atoms with Crippen molar-refractivity contribution in [1.29, 1.82) is 0 Å². The summed E-state index contributed by atoms with van der Waals surface area (Å²) in [4.78, 5) is 13.0. The molecule has 0 saturated carbocycles. The van der Waals surface area contributed by atoms with Gasteiger partial charge in [-0.05, 0) is 31.0 Å². The zero-order valence-corrected chi connectivity index (χ0v) is 12.6. The van der Waals surface area contributed by atoms with Crippen LogP contribution in [0.4, 0.5) is 0 Å². The average Bonchev–Trinajstić information content (AvgIpc) is 2.48. The first-order valence-electron chi connectivity index (χ1n) is 6.68. The van der Waals surface area contributed by atoms with Crippen LogP contribution in [0.5, 0.6) is 0 Å². The molecule has 3 aromatic rings. The number of rotatable bonds is 2. The summed E-state index contributed by atoms with van der Waals surface area (Å²) in [5, 5.41) is 0.207. The monoisotopic (exact) mass is 295 g/mol. The van der Waals surface area contributed by atoms with Crippen molar-refractivity contribution in [3.8, 4) is 22.8 Å². The lowest BCUT2D eigenvalue weighted by atomic mass is 10.1. The van der Waals surface area contributed by atoms with Crippen LogP contribution >= 0.6 is 11.6 Å². The molecule has 3 rings (SSSR count). The predicted molar refractivity (Wildman–Crippen MR) is 85.2 cm³/mol. The van der Waals surface area contributed by atoms with Gasteiger partial charge in [-0.2, -0.15) is 9.97 Å². The van der Waals surface area contributed by atoms with Crippen LogP contribution in [0.25, 0.3) is 22.8 Å². The largest absolute Gasteiger partial charge is 0.226 e. The normalized spacial score (nSPS) is 10.6. The molecular formula is C17H14ClN3. The number of aryl methyl sites for hydroxylation is 2. The topological polar surface area (TPSA) is 38.7 Å². The Balaban J connectivity index is 2.13. The van der Waals surface area contributed by atoms with Crippen LogP contribution in [0.15, 0.2) is 48.5 Å². The molecule has 4 heteroatoms. The van der Waals surface area contributed by atoms with Gasteiger partial charge in [0.2, 0.25) is 5.28 Å². The van der Waals surface area contributed by atoms with Gasteiger partial charge < -0.3 is 0 Å². The maximum atomic E-state index is 6.07. The molecule has 0 atom stereocenters. The van der Waals surface area contributed by atoms with Gasteiger partial charge in [-0.3, -0.25) is 0 Å². The fourth-order valence-electron chi connectivity index (χ4n) is 2.13. The van der Waals surface area contributed by atoms with Crippen LogP contribution in [-0.2, 0) is 0 Å². The second-order valence-electron chi connectivity index (χ2n) is 4.93. The highest BCUT2D eigenvalue weighted by atomic mass is 35.5. The van der Waals surface area contributed by atoms with E-state index in [0.717, 1.165) is 16.7 Å². The molecule has 0 aliphatic rings. The van der Waals surface area contributed by atoms with Gasteiger partial charge in [-0.15, -0.1) is 0 Å². The molecule has 104 valence electrons. The molecule has 0 spiro atoms. The highest BCUT2D eigenvalue weighted by Crippen LogP contribution is 2.24. The maximum Gasteiger partial charge on any atom is 0.226 e. The van der Waals surface area contributed by atoms with E-state index in [0.29, 0.717) is 11.6 Å². The zero-order valence-electron chi connectivity index (χ0n) is 11.8. The smallest absolute Gasteiger partial charge is 0.208 e. The van der Waals surface area contributed by atoms with E-state index in [-0.39, 0.29) is 5.28 Å². The minimum Gasteiger partial charge on any atom is -0.208 e. The summed E-state index contributed by atoms with van der Waals surface area (Å²) in [5.41, 5.74) is 4.20. The van der Waals surface area contributed by atoms with Gasteiger partial charge in [0.25, 0.3) is 0 Å². The Kier molecular flexibility index (Phi) is 3.67. The van der Waals surface area contributed by atoms with E-state index in [2.05, 4.69) is 15.0 Å². The van der Waals surface area contributed by atoms with Crippen molar-refractivity contribution in [2.75, 3.05) is 0 Å². The highest BCUT2D eigenvalue weighted by molar-refractivity contribution is 6.28. The van der Waals surface area contributed by atoms with Crippen LogP contribution < -0.4 is 0 Å². The van der Waals surface area contributed by atoms with Gasteiger partial charge >= 0.3 is 0 Å². The van der Waals surface area contributed by atoms with Gasteiger partial charge in [0.05, 0.1) is 0 Å². The number of aromatic nitrogens is 3. The molecule has 21 heavy (non-hydrogen) atoms. The van der Waals surface area contributed by atoms with Crippen LogP contribution in [0, 0.1) is 13.8 Å². The Morgan fingerprint density at radius 1 is 0.762 bits per heavy atom. The lowest BCUT2D eigenvalue weighted by Gasteiger charge is -2.07. The standard InChI is InChI=1S/C17H14ClN3/c1-11-7-9-13(10-8-11)15-19-16(21-17(18)20-15)14-6-4-3-5-12(14)2/h3-10H,1-2H3. The maximum absolute atomic E-state index is 6.07. The summed E-state index contributed by atoms with van der Waals surface area (Å²) in [5.74, 6) is 1.19. The van der Waals surface area contributed by atoms with Crippen LogP contribution in [0.2, 0.25) is 5.28 Å². The molecule has 0 radical (unpaired) electrons. The molecule has 0 aliphatic carbocycles. The Bertz CT molecular complexity index is 782. The summed E-state index contributed by atoms with van der Waals surface area (Å²) < 4.78 is 0. The molecule has 1 heterocycles. The summed E-state index contributed by atoms with van der Waals surface area (Å²) in [6.45, 7) is 4.07. The highest BCUT2D eigenvalue weighted by Gasteiger charge is 2.10. The first-order chi connectivity index (χ1) is 10.1. The third-order valence-corrected chi connectivity index (χ3v) is 3.47. The first kappa shape index (κ1) is 13.7. The van der Waals surface area contributed by atoms with Gasteiger partial charge in [-0.25, -0.2) is 4.98 Å². The van der Waals surface area contributed by atoms with E-state index in [1.165, 1.54) is 5.56 Å². The number of hydrogen-bond donors (Lipinski definition) is 0. The van der Waals surface area contributed by atoms with Crippen molar-refractivity contribution in [1.82, 2.24) is 15.0 Å². The zero-order chi connectivity index (χ0) is 14.8. The SMILES string of the molecule is Cc1ccc(-c2nc(Cl)nc(-c3ccccc3C)n2)cc1. The Labute approximate surface area is 128 Å². The van der Waals surface area contributed by atoms with Crippen molar-refractivity contribution in [3.63, 3.8) is 0 Å². The molecule has 2 aromatic carbocycles. The van der Waals surface area contributed by atoms with E-state index in [1.807, 2.05) is 62.4 Å². The molecule has 0 saturated heterocycles. The second kappa shape index (κ2) is 5.62. The molecule has 1 aromatic heterocycles. The summed E-state index contributed by atoms with van der Waals surface area (Å²) in [6.07, 6.45) is 0. The molecule has 0 bridgehead atoms. The van der Waals surface area contributed by atoms with Crippen LogP contribution in [0.3, 0.4) is 0 Å². The van der Waals surface area contributed by atoms with Crippen molar-refractivity contribution in [2.45, 2.75) is 13.8 Å².